The number of nitrogens with one attached hydrogen (secondary N) is 1. The first-order valence-electron chi connectivity index (χ1n) is 7.35. The van der Waals surface area contributed by atoms with Gasteiger partial charge in [0.05, 0.1) is 0 Å². The third-order valence-electron chi connectivity index (χ3n) is 3.04. The van der Waals surface area contributed by atoms with Crippen molar-refractivity contribution in [3.63, 3.8) is 0 Å². The van der Waals surface area contributed by atoms with Crippen LogP contribution >= 0.6 is 0 Å². The molecule has 0 fully saturated rings. The van der Waals surface area contributed by atoms with Gasteiger partial charge in [0.25, 0.3) is 0 Å². The molecular formula is C14H28N2O3. The molecule has 5 nitrogen and oxygen atoms in total. The quantitative estimate of drug-likeness (QED) is 0.447. The Hall–Kier alpha value is -1.10. The van der Waals surface area contributed by atoms with E-state index in [0.717, 1.165) is 32.2 Å². The topological polar surface area (TPSA) is 92.4 Å². The minimum atomic E-state index is -0.997. The molecule has 0 aromatic heterocycles. The van der Waals surface area contributed by atoms with Gasteiger partial charge in [0, 0.05) is 6.42 Å². The number of aliphatic carboxylic acids is 1. The molecule has 4 N–H and O–H groups in total. The van der Waals surface area contributed by atoms with Gasteiger partial charge in [0.1, 0.15) is 6.54 Å². The van der Waals surface area contributed by atoms with Gasteiger partial charge in [-0.15, -0.1) is 0 Å². The van der Waals surface area contributed by atoms with Crippen molar-refractivity contribution in [1.29, 1.82) is 0 Å². The highest BCUT2D eigenvalue weighted by Gasteiger charge is 2.02. The fraction of sp³-hybridized carbons (Fsp3) is 0.857. The fourth-order valence-electron chi connectivity index (χ4n) is 1.93. The van der Waals surface area contributed by atoms with Crippen LogP contribution in [0.2, 0.25) is 0 Å². The van der Waals surface area contributed by atoms with Gasteiger partial charge in [-0.3, -0.25) is 9.59 Å². The summed E-state index contributed by atoms with van der Waals surface area (Å²) in [6, 6.07) is 0. The van der Waals surface area contributed by atoms with Gasteiger partial charge in [0.2, 0.25) is 5.91 Å². The van der Waals surface area contributed by atoms with Crippen LogP contribution in [0.1, 0.15) is 64.2 Å². The maximum absolute atomic E-state index is 11.2. The van der Waals surface area contributed by atoms with Crippen molar-refractivity contribution in [2.24, 2.45) is 5.73 Å². The average Bonchev–Trinajstić information content (AvgIpc) is 2.38. The number of nitrogens with two attached hydrogens (primary N) is 1. The smallest absolute Gasteiger partial charge is 0.322 e. The number of rotatable bonds is 13. The van der Waals surface area contributed by atoms with Crippen molar-refractivity contribution >= 4 is 11.9 Å². The molecule has 5 heteroatoms. The number of carbonyl (C=O) groups excluding carboxylic acids is 1. The molecule has 0 aliphatic carbocycles. The van der Waals surface area contributed by atoms with E-state index < -0.39 is 5.97 Å². The van der Waals surface area contributed by atoms with E-state index in [4.69, 9.17) is 10.8 Å². The van der Waals surface area contributed by atoms with Crippen molar-refractivity contribution in [2.75, 3.05) is 13.1 Å². The lowest BCUT2D eigenvalue weighted by Gasteiger charge is -2.03. The first kappa shape index (κ1) is 17.9. The summed E-state index contributed by atoms with van der Waals surface area (Å²) in [5.74, 6) is -1.16. The Morgan fingerprint density at radius 3 is 1.79 bits per heavy atom. The standard InChI is InChI=1S/C14H28N2O3/c15-11-9-7-5-3-1-2-4-6-8-10-13(17)16-12-14(18)19/h1-12,15H2,(H,16,17)(H,18,19). The molecule has 0 atom stereocenters. The minimum absolute atomic E-state index is 0.163. The summed E-state index contributed by atoms with van der Waals surface area (Å²) in [5.41, 5.74) is 5.42. The van der Waals surface area contributed by atoms with Gasteiger partial charge in [-0.25, -0.2) is 0 Å². The number of amides is 1. The van der Waals surface area contributed by atoms with Crippen LogP contribution in [0.4, 0.5) is 0 Å². The molecular weight excluding hydrogens is 244 g/mol. The second-order valence-electron chi connectivity index (χ2n) is 4.89. The van der Waals surface area contributed by atoms with Gasteiger partial charge in [0.15, 0.2) is 0 Å². The molecule has 0 rings (SSSR count). The van der Waals surface area contributed by atoms with Crippen LogP contribution in [-0.2, 0) is 9.59 Å². The lowest BCUT2D eigenvalue weighted by Crippen LogP contribution is -2.28. The number of unbranched alkanes of at least 4 members (excludes halogenated alkanes) is 8. The van der Waals surface area contributed by atoms with Crippen LogP contribution in [0.3, 0.4) is 0 Å². The van der Waals surface area contributed by atoms with E-state index in [9.17, 15) is 9.59 Å². The third-order valence-corrected chi connectivity index (χ3v) is 3.04. The molecule has 0 saturated heterocycles. The molecule has 0 aliphatic heterocycles. The van der Waals surface area contributed by atoms with Crippen LogP contribution in [0, 0.1) is 0 Å². The Morgan fingerprint density at radius 1 is 0.842 bits per heavy atom. The van der Waals surface area contributed by atoms with Gasteiger partial charge in [-0.1, -0.05) is 44.9 Å². The highest BCUT2D eigenvalue weighted by atomic mass is 16.4. The zero-order valence-corrected chi connectivity index (χ0v) is 11.8. The summed E-state index contributed by atoms with van der Waals surface area (Å²) < 4.78 is 0. The average molecular weight is 272 g/mol. The predicted molar refractivity (Wildman–Crippen MR) is 75.9 cm³/mol. The van der Waals surface area contributed by atoms with Gasteiger partial charge < -0.3 is 16.2 Å². The molecule has 112 valence electrons. The van der Waals surface area contributed by atoms with Crippen molar-refractivity contribution in [1.82, 2.24) is 5.32 Å². The van der Waals surface area contributed by atoms with Crippen LogP contribution in [0.5, 0.6) is 0 Å². The Morgan fingerprint density at radius 2 is 1.32 bits per heavy atom. The zero-order valence-electron chi connectivity index (χ0n) is 11.8. The van der Waals surface area contributed by atoms with Crippen LogP contribution in [0.15, 0.2) is 0 Å². The number of hydrogen-bond donors (Lipinski definition) is 3. The predicted octanol–water partition coefficient (Wildman–Crippen LogP) is 2.05. The highest BCUT2D eigenvalue weighted by Crippen LogP contribution is 2.10. The highest BCUT2D eigenvalue weighted by molar-refractivity contribution is 5.80. The molecule has 0 aromatic rings. The Balaban J connectivity index is 3.13. The molecule has 0 bridgehead atoms. The lowest BCUT2D eigenvalue weighted by atomic mass is 10.1. The Bertz CT molecular complexity index is 245. The van der Waals surface area contributed by atoms with Gasteiger partial charge >= 0.3 is 5.97 Å². The molecule has 0 aromatic carbocycles. The first-order chi connectivity index (χ1) is 9.16. The molecule has 19 heavy (non-hydrogen) atoms. The van der Waals surface area contributed by atoms with E-state index >= 15 is 0 Å². The van der Waals surface area contributed by atoms with Crippen LogP contribution < -0.4 is 11.1 Å². The summed E-state index contributed by atoms with van der Waals surface area (Å²) in [7, 11) is 0. The monoisotopic (exact) mass is 272 g/mol. The molecule has 0 spiro atoms. The van der Waals surface area contributed by atoms with E-state index in [1.54, 1.807) is 0 Å². The van der Waals surface area contributed by atoms with Crippen LogP contribution in [-0.4, -0.2) is 30.1 Å². The van der Waals surface area contributed by atoms with E-state index in [2.05, 4.69) is 5.32 Å². The zero-order chi connectivity index (χ0) is 14.3. The summed E-state index contributed by atoms with van der Waals surface area (Å²) in [6.45, 7) is 0.519. The Labute approximate surface area is 115 Å². The van der Waals surface area contributed by atoms with E-state index in [1.165, 1.54) is 32.1 Å². The largest absolute Gasteiger partial charge is 0.480 e. The normalized spacial score (nSPS) is 10.4. The lowest BCUT2D eigenvalue weighted by molar-refractivity contribution is -0.137. The van der Waals surface area contributed by atoms with E-state index in [1.807, 2.05) is 0 Å². The maximum atomic E-state index is 11.2. The molecule has 0 radical (unpaired) electrons. The second-order valence-corrected chi connectivity index (χ2v) is 4.89. The summed E-state index contributed by atoms with van der Waals surface area (Å²) >= 11 is 0. The van der Waals surface area contributed by atoms with Gasteiger partial charge in [-0.05, 0) is 19.4 Å². The molecule has 0 aliphatic rings. The maximum Gasteiger partial charge on any atom is 0.322 e. The number of carbonyl (C=O) groups is 2. The van der Waals surface area contributed by atoms with E-state index in [-0.39, 0.29) is 12.5 Å². The number of carboxylic acid groups (broad SMARTS) is 1. The van der Waals surface area contributed by atoms with Crippen molar-refractivity contribution < 1.29 is 14.7 Å². The molecule has 0 heterocycles. The summed E-state index contributed by atoms with van der Waals surface area (Å²) in [5, 5.41) is 10.8. The second kappa shape index (κ2) is 13.3. The summed E-state index contributed by atoms with van der Waals surface area (Å²) in [6.07, 6.45) is 10.9. The molecule has 1 amide bonds. The molecule has 0 unspecified atom stereocenters. The van der Waals surface area contributed by atoms with Crippen LogP contribution in [0.25, 0.3) is 0 Å². The third kappa shape index (κ3) is 14.8. The van der Waals surface area contributed by atoms with Crippen molar-refractivity contribution in [2.45, 2.75) is 64.2 Å². The molecule has 0 saturated carbocycles. The van der Waals surface area contributed by atoms with Crippen molar-refractivity contribution in [3.8, 4) is 0 Å². The van der Waals surface area contributed by atoms with E-state index in [0.29, 0.717) is 6.42 Å². The minimum Gasteiger partial charge on any atom is -0.480 e. The summed E-state index contributed by atoms with van der Waals surface area (Å²) in [4.78, 5) is 21.4. The SMILES string of the molecule is NCCCCCCCCCCCC(=O)NCC(=O)O. The first-order valence-corrected chi connectivity index (χ1v) is 7.35. The van der Waals surface area contributed by atoms with Crippen molar-refractivity contribution in [3.05, 3.63) is 0 Å². The Kier molecular flexibility index (Phi) is 12.6. The number of carboxylic acids is 1. The fourth-order valence-corrected chi connectivity index (χ4v) is 1.93. The van der Waals surface area contributed by atoms with Gasteiger partial charge in [-0.2, -0.15) is 0 Å². The number of hydrogen-bond acceptors (Lipinski definition) is 3.